The molecule has 2 rings (SSSR count). The number of hydrogen-bond acceptors (Lipinski definition) is 5. The van der Waals surface area contributed by atoms with Crippen molar-refractivity contribution in [1.29, 1.82) is 0 Å². The number of rotatable bonds is 5. The standard InChI is InChI=1S/C16H18O6S2/c1-13-3-7-15(8-4-13)23(17,18)21-11-12-22-24(19,20)16-9-5-14(2)6-10-16/h3-13H,1-2H3,(H,17,18)/b12-11+. The Kier molecular flexibility index (Phi) is 5.53. The van der Waals surface area contributed by atoms with Gasteiger partial charge in [0, 0.05) is 0 Å². The van der Waals surface area contributed by atoms with Crippen LogP contribution in [0, 0.1) is 12.8 Å². The molecule has 0 amide bonds. The van der Waals surface area contributed by atoms with Crippen molar-refractivity contribution in [3.05, 3.63) is 66.7 Å². The van der Waals surface area contributed by atoms with Gasteiger partial charge in [-0.1, -0.05) is 36.8 Å². The molecule has 1 aromatic carbocycles. The highest BCUT2D eigenvalue weighted by atomic mass is 32.2. The van der Waals surface area contributed by atoms with Gasteiger partial charge in [0.15, 0.2) is 0 Å². The van der Waals surface area contributed by atoms with E-state index >= 15 is 0 Å². The second-order valence-corrected chi connectivity index (χ2v) is 8.37. The quantitative estimate of drug-likeness (QED) is 0.487. The maximum absolute atomic E-state index is 12.0. The summed E-state index contributed by atoms with van der Waals surface area (Å²) in [4.78, 5) is 0.0654. The van der Waals surface area contributed by atoms with Crippen LogP contribution in [0.4, 0.5) is 0 Å². The average molecular weight is 370 g/mol. The van der Waals surface area contributed by atoms with Crippen LogP contribution in [0.15, 0.2) is 66.0 Å². The van der Waals surface area contributed by atoms with Crippen LogP contribution in [0.3, 0.4) is 0 Å². The van der Waals surface area contributed by atoms with Crippen LogP contribution < -0.4 is 0 Å². The molecule has 0 spiro atoms. The smallest absolute Gasteiger partial charge is 0.338 e. The van der Waals surface area contributed by atoms with Gasteiger partial charge in [-0.25, -0.2) is 0 Å². The Bertz CT molecular complexity index is 882. The molecule has 8 heteroatoms. The molecule has 6 nitrogen and oxygen atoms in total. The molecule has 0 aromatic heterocycles. The molecule has 1 aromatic rings. The lowest BCUT2D eigenvalue weighted by Crippen LogP contribution is -2.13. The minimum absolute atomic E-state index is 0.0241. The summed E-state index contributed by atoms with van der Waals surface area (Å²) in [5.74, 6) is 0.169. The summed E-state index contributed by atoms with van der Waals surface area (Å²) in [5.41, 5.74) is 0.910. The maximum Gasteiger partial charge on any atom is 0.338 e. The molecular formula is C16H18O6S2. The Labute approximate surface area is 142 Å². The van der Waals surface area contributed by atoms with Crippen LogP contribution in [0.25, 0.3) is 0 Å². The van der Waals surface area contributed by atoms with Gasteiger partial charge in [0.1, 0.15) is 17.4 Å². The molecule has 1 aliphatic rings. The van der Waals surface area contributed by atoms with Crippen LogP contribution in [0.2, 0.25) is 0 Å². The van der Waals surface area contributed by atoms with Gasteiger partial charge in [0.25, 0.3) is 10.1 Å². The van der Waals surface area contributed by atoms with E-state index in [1.807, 2.05) is 13.8 Å². The van der Waals surface area contributed by atoms with Gasteiger partial charge in [-0.15, -0.1) is 0 Å². The summed E-state index contributed by atoms with van der Waals surface area (Å²) in [6.45, 7) is 3.75. The van der Waals surface area contributed by atoms with Gasteiger partial charge in [-0.2, -0.15) is 12.6 Å². The van der Waals surface area contributed by atoms with Gasteiger partial charge in [-0.05, 0) is 37.1 Å². The largest absolute Gasteiger partial charge is 0.394 e. The summed E-state index contributed by atoms with van der Waals surface area (Å²) in [6, 6.07) is 6.08. The highest BCUT2D eigenvalue weighted by Crippen LogP contribution is 2.14. The molecule has 0 bridgehead atoms. The highest BCUT2D eigenvalue weighted by Gasteiger charge is 2.14. The van der Waals surface area contributed by atoms with Crippen LogP contribution in [-0.2, 0) is 28.6 Å². The van der Waals surface area contributed by atoms with Crippen molar-refractivity contribution < 1.29 is 25.5 Å². The topological polar surface area (TPSA) is 89.9 Å². The maximum atomic E-state index is 12.0. The van der Waals surface area contributed by atoms with E-state index in [0.717, 1.165) is 11.8 Å². The monoisotopic (exact) mass is 370 g/mol. The lowest BCUT2D eigenvalue weighted by molar-refractivity contribution is 0.387. The van der Waals surface area contributed by atoms with E-state index in [0.29, 0.717) is 6.26 Å². The van der Waals surface area contributed by atoms with Crippen molar-refractivity contribution >= 4 is 25.1 Å². The van der Waals surface area contributed by atoms with E-state index in [4.69, 9.17) is 4.18 Å². The second-order valence-electron chi connectivity index (χ2n) is 5.19. The highest BCUT2D eigenvalue weighted by molar-refractivity contribution is 7.93. The SMILES string of the molecule is Cc1ccc(S(=O)(=O)O/C=C/OS(=O)(O)=C2C=CC(C)C=C2)cc1. The Morgan fingerprint density at radius 1 is 1.00 bits per heavy atom. The third-order valence-electron chi connectivity index (χ3n) is 3.16. The van der Waals surface area contributed by atoms with Gasteiger partial charge in [0.2, 0.25) is 0 Å². The predicted octanol–water partition coefficient (Wildman–Crippen LogP) is 2.80. The number of aryl methyl sites for hydroxylation is 1. The molecule has 24 heavy (non-hydrogen) atoms. The van der Waals surface area contributed by atoms with E-state index in [-0.39, 0.29) is 15.7 Å². The fourth-order valence-corrected chi connectivity index (χ4v) is 3.38. The number of benzene rings is 1. The van der Waals surface area contributed by atoms with Crippen molar-refractivity contribution in [2.75, 3.05) is 0 Å². The minimum atomic E-state index is -4.00. The summed E-state index contributed by atoms with van der Waals surface area (Å²) < 4.78 is 55.0. The van der Waals surface area contributed by atoms with Crippen molar-refractivity contribution in [3.8, 4) is 0 Å². The van der Waals surface area contributed by atoms with Crippen LogP contribution in [0.1, 0.15) is 12.5 Å². The number of allylic oxidation sites excluding steroid dienone is 4. The summed E-state index contributed by atoms with van der Waals surface area (Å²) in [6.07, 6.45) is 7.92. The number of hydrogen-bond donors (Lipinski definition) is 1. The lowest BCUT2D eigenvalue weighted by atomic mass is 10.1. The molecule has 0 saturated heterocycles. The molecule has 1 unspecified atom stereocenters. The lowest BCUT2D eigenvalue weighted by Gasteiger charge is -2.10. The van der Waals surface area contributed by atoms with Crippen molar-refractivity contribution in [2.24, 2.45) is 5.92 Å². The van der Waals surface area contributed by atoms with Crippen LogP contribution in [-0.4, -0.2) is 22.0 Å². The zero-order valence-electron chi connectivity index (χ0n) is 13.2. The van der Waals surface area contributed by atoms with Gasteiger partial charge < -0.3 is 8.37 Å². The van der Waals surface area contributed by atoms with E-state index in [1.54, 1.807) is 24.3 Å². The fraction of sp³-hybridized carbons (Fsp3) is 0.188. The average Bonchev–Trinajstić information content (AvgIpc) is 2.52. The molecule has 1 atom stereocenters. The Morgan fingerprint density at radius 3 is 2.12 bits per heavy atom. The Morgan fingerprint density at radius 2 is 1.54 bits per heavy atom. The first-order chi connectivity index (χ1) is 11.2. The predicted molar refractivity (Wildman–Crippen MR) is 92.9 cm³/mol. The van der Waals surface area contributed by atoms with E-state index in [2.05, 4.69) is 4.18 Å². The molecule has 1 N–H and O–H groups in total. The third-order valence-corrected chi connectivity index (χ3v) is 5.61. The molecule has 0 saturated carbocycles. The zero-order valence-corrected chi connectivity index (χ0v) is 14.8. The first kappa shape index (κ1) is 18.3. The summed E-state index contributed by atoms with van der Waals surface area (Å²) in [5, 5.41) is 0. The van der Waals surface area contributed by atoms with Crippen molar-refractivity contribution in [1.82, 2.24) is 0 Å². The normalized spacial score (nSPS) is 17.9. The molecule has 130 valence electrons. The first-order valence-electron chi connectivity index (χ1n) is 7.04. The first-order valence-corrected chi connectivity index (χ1v) is 9.89. The van der Waals surface area contributed by atoms with Crippen molar-refractivity contribution in [2.45, 2.75) is 18.7 Å². The van der Waals surface area contributed by atoms with E-state index in [1.165, 1.54) is 24.3 Å². The second kappa shape index (κ2) is 7.25. The molecule has 0 fully saturated rings. The van der Waals surface area contributed by atoms with Crippen LogP contribution >= 0.6 is 0 Å². The van der Waals surface area contributed by atoms with Crippen molar-refractivity contribution in [3.63, 3.8) is 0 Å². The Hall–Kier alpha value is -2.03. The molecule has 0 heterocycles. The van der Waals surface area contributed by atoms with E-state index < -0.39 is 20.2 Å². The Balaban J connectivity index is 2.06. The molecule has 0 aliphatic heterocycles. The van der Waals surface area contributed by atoms with E-state index in [9.17, 15) is 17.2 Å². The van der Waals surface area contributed by atoms with Gasteiger partial charge in [-0.3, -0.25) is 4.55 Å². The summed E-state index contributed by atoms with van der Waals surface area (Å²) in [7, 11) is -7.77. The third kappa shape index (κ3) is 4.73. The molecule has 0 radical (unpaired) electrons. The zero-order chi connectivity index (χ0) is 17.8. The molecule has 1 aliphatic carbocycles. The minimum Gasteiger partial charge on any atom is -0.394 e. The fourth-order valence-electron chi connectivity index (χ4n) is 1.79. The van der Waals surface area contributed by atoms with Crippen LogP contribution in [0.5, 0.6) is 0 Å². The van der Waals surface area contributed by atoms with Gasteiger partial charge >= 0.3 is 10.1 Å². The summed E-state index contributed by atoms with van der Waals surface area (Å²) >= 11 is 0. The van der Waals surface area contributed by atoms with Gasteiger partial charge in [0.05, 0.1) is 4.86 Å². The molecular weight excluding hydrogens is 352 g/mol.